The third kappa shape index (κ3) is 3.63. The lowest BCUT2D eigenvalue weighted by atomic mass is 10.2. The molecule has 0 bridgehead atoms. The first kappa shape index (κ1) is 15.4. The fourth-order valence-electron chi connectivity index (χ4n) is 2.33. The second-order valence-electron chi connectivity index (χ2n) is 5.31. The van der Waals surface area contributed by atoms with E-state index in [-0.39, 0.29) is 5.91 Å². The van der Waals surface area contributed by atoms with E-state index in [1.54, 1.807) is 23.7 Å². The van der Waals surface area contributed by atoms with Crippen molar-refractivity contribution in [2.45, 2.75) is 20.4 Å². The van der Waals surface area contributed by atoms with Gasteiger partial charge in [0.25, 0.3) is 5.91 Å². The van der Waals surface area contributed by atoms with E-state index in [4.69, 9.17) is 16.0 Å². The van der Waals surface area contributed by atoms with Gasteiger partial charge in [-0.3, -0.25) is 9.48 Å². The van der Waals surface area contributed by atoms with Crippen molar-refractivity contribution in [2.75, 3.05) is 5.32 Å². The first-order valence-corrected chi connectivity index (χ1v) is 7.55. The zero-order chi connectivity index (χ0) is 16.4. The van der Waals surface area contributed by atoms with Gasteiger partial charge in [-0.1, -0.05) is 23.7 Å². The summed E-state index contributed by atoms with van der Waals surface area (Å²) in [5, 5.41) is 7.83. The highest BCUT2D eigenvalue weighted by atomic mass is 35.5. The minimum Gasteiger partial charge on any atom is -0.466 e. The van der Waals surface area contributed by atoms with Crippen LogP contribution in [0.3, 0.4) is 0 Å². The maximum absolute atomic E-state index is 12.2. The molecule has 0 aliphatic carbocycles. The highest BCUT2D eigenvalue weighted by Crippen LogP contribution is 2.16. The van der Waals surface area contributed by atoms with Gasteiger partial charge in [0.1, 0.15) is 11.5 Å². The normalized spacial score (nSPS) is 10.7. The lowest BCUT2D eigenvalue weighted by Crippen LogP contribution is -2.13. The molecule has 3 rings (SSSR count). The molecule has 0 unspecified atom stereocenters. The summed E-state index contributed by atoms with van der Waals surface area (Å²) in [6, 6.07) is 11.0. The van der Waals surface area contributed by atoms with Crippen LogP contribution in [0.2, 0.25) is 5.02 Å². The second kappa shape index (κ2) is 6.30. The standard InChI is InChI=1S/C17H16ClN3O2/c1-11-9-15(12(2)23-11)17(22)19-16-7-8-21(20-16)10-13-3-5-14(18)6-4-13/h3-9H,10H2,1-2H3,(H,19,20,22). The van der Waals surface area contributed by atoms with Crippen LogP contribution in [0.1, 0.15) is 27.4 Å². The Balaban J connectivity index is 1.68. The van der Waals surface area contributed by atoms with Crippen LogP contribution in [0.4, 0.5) is 5.82 Å². The third-order valence-corrected chi connectivity index (χ3v) is 3.68. The number of halogens is 1. The number of rotatable bonds is 4. The molecular weight excluding hydrogens is 314 g/mol. The average molecular weight is 330 g/mol. The molecule has 5 nitrogen and oxygen atoms in total. The van der Waals surface area contributed by atoms with Crippen molar-refractivity contribution in [1.82, 2.24) is 9.78 Å². The highest BCUT2D eigenvalue weighted by molar-refractivity contribution is 6.30. The summed E-state index contributed by atoms with van der Waals surface area (Å²) in [6.45, 7) is 4.18. The molecule has 1 aromatic carbocycles. The summed E-state index contributed by atoms with van der Waals surface area (Å²) >= 11 is 5.87. The molecule has 3 aromatic rings. The third-order valence-electron chi connectivity index (χ3n) is 3.43. The topological polar surface area (TPSA) is 60.1 Å². The van der Waals surface area contributed by atoms with Crippen LogP contribution in [-0.4, -0.2) is 15.7 Å². The van der Waals surface area contributed by atoms with Crippen LogP contribution in [0.5, 0.6) is 0 Å². The van der Waals surface area contributed by atoms with Crippen molar-refractivity contribution in [3.8, 4) is 0 Å². The molecule has 1 N–H and O–H groups in total. The minimum atomic E-state index is -0.226. The Kier molecular flexibility index (Phi) is 4.21. The zero-order valence-corrected chi connectivity index (χ0v) is 13.6. The van der Waals surface area contributed by atoms with Crippen molar-refractivity contribution in [1.29, 1.82) is 0 Å². The van der Waals surface area contributed by atoms with E-state index in [1.807, 2.05) is 37.4 Å². The van der Waals surface area contributed by atoms with E-state index in [0.29, 0.717) is 34.5 Å². The number of benzene rings is 1. The van der Waals surface area contributed by atoms with Gasteiger partial charge in [0.15, 0.2) is 5.82 Å². The maximum Gasteiger partial charge on any atom is 0.260 e. The summed E-state index contributed by atoms with van der Waals surface area (Å²) in [5.41, 5.74) is 1.60. The molecule has 6 heteroatoms. The summed E-state index contributed by atoms with van der Waals surface area (Å²) in [6.07, 6.45) is 1.82. The van der Waals surface area contributed by atoms with E-state index < -0.39 is 0 Å². The molecule has 0 saturated heterocycles. The largest absolute Gasteiger partial charge is 0.466 e. The molecule has 0 radical (unpaired) electrons. The SMILES string of the molecule is Cc1cc(C(=O)Nc2ccn(Cc3ccc(Cl)cc3)n2)c(C)o1. The van der Waals surface area contributed by atoms with Crippen LogP contribution >= 0.6 is 11.6 Å². The number of hydrogen-bond donors (Lipinski definition) is 1. The van der Waals surface area contributed by atoms with Gasteiger partial charge in [0.2, 0.25) is 0 Å². The molecule has 0 atom stereocenters. The summed E-state index contributed by atoms with van der Waals surface area (Å²) in [7, 11) is 0. The average Bonchev–Trinajstić information content (AvgIpc) is 3.07. The van der Waals surface area contributed by atoms with Gasteiger partial charge in [-0.05, 0) is 37.6 Å². The Labute approximate surface area is 138 Å². The highest BCUT2D eigenvalue weighted by Gasteiger charge is 2.14. The van der Waals surface area contributed by atoms with Crippen molar-refractivity contribution in [3.05, 3.63) is 70.3 Å². The summed E-state index contributed by atoms with van der Waals surface area (Å²) in [5.74, 6) is 1.58. The summed E-state index contributed by atoms with van der Waals surface area (Å²) < 4.78 is 7.13. The molecular formula is C17H16ClN3O2. The van der Waals surface area contributed by atoms with Crippen LogP contribution in [0, 0.1) is 13.8 Å². The number of carbonyl (C=O) groups excluding carboxylic acids is 1. The Hall–Kier alpha value is -2.53. The van der Waals surface area contributed by atoms with Crippen LogP contribution < -0.4 is 5.32 Å². The quantitative estimate of drug-likeness (QED) is 0.785. The van der Waals surface area contributed by atoms with Gasteiger partial charge in [-0.15, -0.1) is 0 Å². The molecule has 0 fully saturated rings. The zero-order valence-electron chi connectivity index (χ0n) is 12.8. The number of anilines is 1. The molecule has 2 heterocycles. The fraction of sp³-hybridized carbons (Fsp3) is 0.176. The van der Waals surface area contributed by atoms with Gasteiger partial charge >= 0.3 is 0 Å². The number of aryl methyl sites for hydroxylation is 2. The number of carbonyl (C=O) groups is 1. The van der Waals surface area contributed by atoms with Crippen LogP contribution in [-0.2, 0) is 6.54 Å². The van der Waals surface area contributed by atoms with Gasteiger partial charge in [-0.25, -0.2) is 0 Å². The number of aromatic nitrogens is 2. The molecule has 0 spiro atoms. The smallest absolute Gasteiger partial charge is 0.260 e. The van der Waals surface area contributed by atoms with E-state index >= 15 is 0 Å². The van der Waals surface area contributed by atoms with Gasteiger partial charge in [-0.2, -0.15) is 5.10 Å². The maximum atomic E-state index is 12.2. The van der Waals surface area contributed by atoms with Gasteiger partial charge < -0.3 is 9.73 Å². The van der Waals surface area contributed by atoms with Crippen molar-refractivity contribution in [2.24, 2.45) is 0 Å². The molecule has 23 heavy (non-hydrogen) atoms. The summed E-state index contributed by atoms with van der Waals surface area (Å²) in [4.78, 5) is 12.2. The minimum absolute atomic E-state index is 0.226. The van der Waals surface area contributed by atoms with Gasteiger partial charge in [0.05, 0.1) is 12.1 Å². The van der Waals surface area contributed by atoms with Crippen molar-refractivity contribution >= 4 is 23.3 Å². The van der Waals surface area contributed by atoms with E-state index in [2.05, 4.69) is 10.4 Å². The number of nitrogens with zero attached hydrogens (tertiary/aromatic N) is 2. The van der Waals surface area contributed by atoms with Crippen molar-refractivity contribution < 1.29 is 9.21 Å². The number of furan rings is 1. The van der Waals surface area contributed by atoms with Gasteiger partial charge in [0, 0.05) is 17.3 Å². The molecule has 2 aromatic heterocycles. The first-order chi connectivity index (χ1) is 11.0. The molecule has 0 saturated carbocycles. The lowest BCUT2D eigenvalue weighted by Gasteiger charge is -2.03. The van der Waals surface area contributed by atoms with Crippen molar-refractivity contribution in [3.63, 3.8) is 0 Å². The van der Waals surface area contributed by atoms with Crippen LogP contribution in [0.15, 0.2) is 47.0 Å². The molecule has 118 valence electrons. The predicted molar refractivity (Wildman–Crippen MR) is 88.9 cm³/mol. The molecule has 1 amide bonds. The monoisotopic (exact) mass is 329 g/mol. The van der Waals surface area contributed by atoms with E-state index in [9.17, 15) is 4.79 Å². The van der Waals surface area contributed by atoms with Crippen LogP contribution in [0.25, 0.3) is 0 Å². The number of nitrogens with one attached hydrogen (secondary N) is 1. The van der Waals surface area contributed by atoms with E-state index in [0.717, 1.165) is 5.56 Å². The first-order valence-electron chi connectivity index (χ1n) is 7.17. The second-order valence-corrected chi connectivity index (χ2v) is 5.74. The Morgan fingerprint density at radius 2 is 2.00 bits per heavy atom. The fourth-order valence-corrected chi connectivity index (χ4v) is 2.46. The predicted octanol–water partition coefficient (Wildman–Crippen LogP) is 4.05. The molecule has 0 aliphatic rings. The Bertz CT molecular complexity index is 834. The number of amides is 1. The number of hydrogen-bond acceptors (Lipinski definition) is 3. The molecule has 0 aliphatic heterocycles. The van der Waals surface area contributed by atoms with E-state index in [1.165, 1.54) is 0 Å². The Morgan fingerprint density at radius 3 is 2.65 bits per heavy atom. The lowest BCUT2D eigenvalue weighted by molar-refractivity contribution is 0.102. The Morgan fingerprint density at radius 1 is 1.26 bits per heavy atom.